The minimum absolute atomic E-state index is 0.0926. The molecule has 0 amide bonds. The van der Waals surface area contributed by atoms with Crippen LogP contribution in [0.4, 0.5) is 0 Å². The Labute approximate surface area is 55.5 Å². The van der Waals surface area contributed by atoms with Crippen LogP contribution in [0.5, 0.6) is 0 Å². The Morgan fingerprint density at radius 2 is 2.33 bits per heavy atom. The van der Waals surface area contributed by atoms with Gasteiger partial charge < -0.3 is 9.47 Å². The van der Waals surface area contributed by atoms with Crippen molar-refractivity contribution in [3.8, 4) is 0 Å². The lowest BCUT2D eigenvalue weighted by Gasteiger charge is -2.01. The molecule has 0 saturated carbocycles. The molecule has 2 nitrogen and oxygen atoms in total. The quantitative estimate of drug-likeness (QED) is 0.496. The maximum atomic E-state index is 5.29. The van der Waals surface area contributed by atoms with Gasteiger partial charge in [-0.25, -0.2) is 0 Å². The van der Waals surface area contributed by atoms with Gasteiger partial charge in [0.05, 0.1) is 12.7 Å². The van der Waals surface area contributed by atoms with E-state index in [0.29, 0.717) is 0 Å². The smallest absolute Gasteiger partial charge is 0.177 e. The first kappa shape index (κ1) is 6.78. The molecule has 0 N–H and O–H groups in total. The van der Waals surface area contributed by atoms with E-state index in [9.17, 15) is 0 Å². The van der Waals surface area contributed by atoms with Crippen molar-refractivity contribution in [2.75, 3.05) is 6.61 Å². The molecule has 0 aliphatic carbocycles. The van der Waals surface area contributed by atoms with Crippen LogP contribution >= 0.6 is 0 Å². The molecule has 1 aliphatic rings. The van der Waals surface area contributed by atoms with Gasteiger partial charge in [-0.2, -0.15) is 0 Å². The highest BCUT2D eigenvalue weighted by Crippen LogP contribution is 2.10. The summed E-state index contributed by atoms with van der Waals surface area (Å²) in [6.45, 7) is 4.67. The molecular formula is C7H12O2. The third-order valence-corrected chi connectivity index (χ3v) is 1.21. The predicted octanol–water partition coefficient (Wildman–Crippen LogP) is 1.32. The third-order valence-electron chi connectivity index (χ3n) is 1.21. The minimum Gasteiger partial charge on any atom is -0.346 e. The maximum Gasteiger partial charge on any atom is 0.177 e. The third kappa shape index (κ3) is 1.80. The molecule has 0 aromatic rings. The van der Waals surface area contributed by atoms with Gasteiger partial charge >= 0.3 is 0 Å². The van der Waals surface area contributed by atoms with Gasteiger partial charge in [-0.15, -0.1) is 0 Å². The maximum absolute atomic E-state index is 5.29. The second-order valence-electron chi connectivity index (χ2n) is 2.17. The Kier molecular flexibility index (Phi) is 2.25. The van der Waals surface area contributed by atoms with Crippen molar-refractivity contribution in [1.82, 2.24) is 0 Å². The van der Waals surface area contributed by atoms with Gasteiger partial charge in [0.2, 0.25) is 0 Å². The lowest BCUT2D eigenvalue weighted by atomic mass is 10.5. The zero-order valence-corrected chi connectivity index (χ0v) is 5.83. The molecule has 2 heteroatoms. The summed E-state index contributed by atoms with van der Waals surface area (Å²) >= 11 is 0. The van der Waals surface area contributed by atoms with Gasteiger partial charge in [-0.1, -0.05) is 6.08 Å². The second-order valence-corrected chi connectivity index (χ2v) is 2.17. The van der Waals surface area contributed by atoms with Gasteiger partial charge in [-0.3, -0.25) is 0 Å². The van der Waals surface area contributed by atoms with Crippen molar-refractivity contribution >= 4 is 0 Å². The van der Waals surface area contributed by atoms with E-state index >= 15 is 0 Å². The van der Waals surface area contributed by atoms with Crippen LogP contribution in [0.1, 0.15) is 13.8 Å². The highest BCUT2D eigenvalue weighted by atomic mass is 16.7. The highest BCUT2D eigenvalue weighted by molar-refractivity contribution is 4.83. The Morgan fingerprint density at radius 1 is 1.56 bits per heavy atom. The Morgan fingerprint density at radius 3 is 2.78 bits per heavy atom. The Balaban J connectivity index is 2.30. The first-order valence-corrected chi connectivity index (χ1v) is 3.23. The fourth-order valence-electron chi connectivity index (χ4n) is 0.796. The first-order valence-electron chi connectivity index (χ1n) is 3.23. The highest BCUT2D eigenvalue weighted by Gasteiger charge is 2.18. The SMILES string of the molecule is C/C=C/C1OCC(C)O1. The van der Waals surface area contributed by atoms with E-state index in [0.717, 1.165) is 6.61 Å². The van der Waals surface area contributed by atoms with Gasteiger partial charge in [0, 0.05) is 0 Å². The lowest BCUT2D eigenvalue weighted by molar-refractivity contribution is -0.0161. The Hall–Kier alpha value is -0.340. The number of hydrogen-bond donors (Lipinski definition) is 0. The molecule has 0 radical (unpaired) electrons. The van der Waals surface area contributed by atoms with Gasteiger partial charge in [0.1, 0.15) is 0 Å². The van der Waals surface area contributed by atoms with Crippen molar-refractivity contribution < 1.29 is 9.47 Å². The number of ether oxygens (including phenoxy) is 2. The zero-order chi connectivity index (χ0) is 6.69. The molecule has 0 aromatic heterocycles. The summed E-state index contributed by atoms with van der Waals surface area (Å²) in [5.41, 5.74) is 0. The van der Waals surface area contributed by atoms with E-state index in [-0.39, 0.29) is 12.4 Å². The summed E-state index contributed by atoms with van der Waals surface area (Å²) in [4.78, 5) is 0. The van der Waals surface area contributed by atoms with E-state index in [4.69, 9.17) is 9.47 Å². The zero-order valence-electron chi connectivity index (χ0n) is 5.83. The van der Waals surface area contributed by atoms with Gasteiger partial charge in [0.25, 0.3) is 0 Å². The van der Waals surface area contributed by atoms with Crippen LogP contribution in [0.15, 0.2) is 12.2 Å². The second kappa shape index (κ2) is 2.99. The number of allylic oxidation sites excluding steroid dienone is 1. The van der Waals surface area contributed by atoms with Crippen LogP contribution in [0, 0.1) is 0 Å². The number of rotatable bonds is 1. The van der Waals surface area contributed by atoms with Crippen molar-refractivity contribution in [2.45, 2.75) is 26.2 Å². The van der Waals surface area contributed by atoms with Crippen molar-refractivity contribution in [3.05, 3.63) is 12.2 Å². The molecule has 1 saturated heterocycles. The molecule has 1 heterocycles. The van der Waals surface area contributed by atoms with E-state index in [1.807, 2.05) is 26.0 Å². The molecule has 1 fully saturated rings. The molecule has 9 heavy (non-hydrogen) atoms. The predicted molar refractivity (Wildman–Crippen MR) is 35.1 cm³/mol. The summed E-state index contributed by atoms with van der Waals surface area (Å²) in [6.07, 6.45) is 4.00. The van der Waals surface area contributed by atoms with Crippen molar-refractivity contribution in [1.29, 1.82) is 0 Å². The summed E-state index contributed by atoms with van der Waals surface area (Å²) in [5.74, 6) is 0. The topological polar surface area (TPSA) is 18.5 Å². The van der Waals surface area contributed by atoms with Crippen molar-refractivity contribution in [3.63, 3.8) is 0 Å². The molecule has 52 valence electrons. The average Bonchev–Trinajstić information content (AvgIpc) is 2.17. The summed E-state index contributed by atoms with van der Waals surface area (Å²) in [7, 11) is 0. The van der Waals surface area contributed by atoms with Crippen LogP contribution in [-0.4, -0.2) is 19.0 Å². The van der Waals surface area contributed by atoms with Gasteiger partial charge in [-0.05, 0) is 19.9 Å². The summed E-state index contributed by atoms with van der Waals surface area (Å²) in [6, 6.07) is 0. The molecule has 2 atom stereocenters. The van der Waals surface area contributed by atoms with E-state index in [1.165, 1.54) is 0 Å². The molecule has 0 spiro atoms. The van der Waals surface area contributed by atoms with E-state index in [2.05, 4.69) is 0 Å². The van der Waals surface area contributed by atoms with Crippen LogP contribution < -0.4 is 0 Å². The molecule has 1 aliphatic heterocycles. The molecular weight excluding hydrogens is 116 g/mol. The average molecular weight is 128 g/mol. The fourth-order valence-corrected chi connectivity index (χ4v) is 0.796. The Bertz CT molecular complexity index is 109. The summed E-state index contributed by atoms with van der Waals surface area (Å²) in [5, 5.41) is 0. The number of hydrogen-bond acceptors (Lipinski definition) is 2. The standard InChI is InChI=1S/C7H12O2/c1-3-4-7-8-5-6(2)9-7/h3-4,6-7H,5H2,1-2H3/b4-3+. The van der Waals surface area contributed by atoms with Crippen LogP contribution in [-0.2, 0) is 9.47 Å². The summed E-state index contributed by atoms with van der Waals surface area (Å²) < 4.78 is 10.5. The lowest BCUT2D eigenvalue weighted by Crippen LogP contribution is -2.05. The molecule has 1 rings (SSSR count). The molecule has 0 aromatic carbocycles. The molecule has 0 bridgehead atoms. The first-order chi connectivity index (χ1) is 4.33. The van der Waals surface area contributed by atoms with Gasteiger partial charge in [0.15, 0.2) is 6.29 Å². The van der Waals surface area contributed by atoms with E-state index in [1.54, 1.807) is 0 Å². The van der Waals surface area contributed by atoms with Crippen molar-refractivity contribution in [2.24, 2.45) is 0 Å². The van der Waals surface area contributed by atoms with Crippen LogP contribution in [0.3, 0.4) is 0 Å². The fraction of sp³-hybridized carbons (Fsp3) is 0.714. The van der Waals surface area contributed by atoms with E-state index < -0.39 is 0 Å². The largest absolute Gasteiger partial charge is 0.346 e. The minimum atomic E-state index is -0.0926. The van der Waals surface area contributed by atoms with Crippen LogP contribution in [0.25, 0.3) is 0 Å². The molecule has 2 unspecified atom stereocenters. The normalized spacial score (nSPS) is 36.2. The monoisotopic (exact) mass is 128 g/mol. The van der Waals surface area contributed by atoms with Crippen LogP contribution in [0.2, 0.25) is 0 Å².